The zero-order valence-electron chi connectivity index (χ0n) is 12.6. The molecule has 1 unspecified atom stereocenters. The predicted molar refractivity (Wildman–Crippen MR) is 87.3 cm³/mol. The van der Waals surface area contributed by atoms with Gasteiger partial charge in [-0.1, -0.05) is 19.1 Å². The normalized spacial score (nSPS) is 17.9. The third-order valence-corrected chi connectivity index (χ3v) is 4.59. The molecule has 0 fully saturated rings. The fourth-order valence-corrected chi connectivity index (χ4v) is 3.42. The van der Waals surface area contributed by atoms with Gasteiger partial charge in [-0.05, 0) is 30.0 Å². The maximum absolute atomic E-state index is 12.8. The topological polar surface area (TPSA) is 70.5 Å². The lowest BCUT2D eigenvalue weighted by atomic mass is 9.99. The van der Waals surface area contributed by atoms with Gasteiger partial charge in [0.1, 0.15) is 6.04 Å². The Kier molecular flexibility index (Phi) is 4.25. The van der Waals surface area contributed by atoms with E-state index in [0.29, 0.717) is 17.1 Å². The third-order valence-electron chi connectivity index (χ3n) is 3.73. The molecule has 0 saturated heterocycles. The number of thiophene rings is 1. The predicted octanol–water partition coefficient (Wildman–Crippen LogP) is 3.13. The maximum Gasteiger partial charge on any atom is 0.290 e. The number of ketones is 1. The molecule has 5 nitrogen and oxygen atoms in total. The van der Waals surface area contributed by atoms with Crippen molar-refractivity contribution in [2.45, 2.75) is 19.4 Å². The minimum absolute atomic E-state index is 0.115. The quantitative estimate of drug-likeness (QED) is 0.856. The van der Waals surface area contributed by atoms with E-state index in [1.54, 1.807) is 41.9 Å². The molecule has 3 rings (SSSR count). The van der Waals surface area contributed by atoms with Crippen LogP contribution in [0, 0.1) is 0 Å². The lowest BCUT2D eigenvalue weighted by molar-refractivity contribution is -0.129. The summed E-state index contributed by atoms with van der Waals surface area (Å²) in [5.74, 6) is -1.30. The van der Waals surface area contributed by atoms with Crippen LogP contribution in [-0.2, 0) is 4.79 Å². The molecule has 0 radical (unpaired) electrons. The summed E-state index contributed by atoms with van der Waals surface area (Å²) in [5, 5.41) is 12.1. The van der Waals surface area contributed by atoms with Crippen molar-refractivity contribution in [3.8, 4) is 0 Å². The Morgan fingerprint density at radius 1 is 1.35 bits per heavy atom. The molecule has 0 saturated carbocycles. The Bertz CT molecular complexity index is 753. The number of carbonyl (C=O) groups excluding carboxylic acids is 2. The molecule has 0 spiro atoms. The first-order valence-corrected chi connectivity index (χ1v) is 8.26. The number of aromatic nitrogens is 1. The molecule has 118 valence electrons. The first-order chi connectivity index (χ1) is 11.1. The molecule has 0 bridgehead atoms. The van der Waals surface area contributed by atoms with Crippen LogP contribution in [0.3, 0.4) is 0 Å². The maximum atomic E-state index is 12.8. The number of Topliss-reactive ketones (excluding diaryl/α,β-unsaturated/α-hetero) is 1. The second-order valence-corrected chi connectivity index (χ2v) is 6.17. The van der Waals surface area contributed by atoms with E-state index in [1.807, 2.05) is 6.92 Å². The van der Waals surface area contributed by atoms with Gasteiger partial charge >= 0.3 is 0 Å². The van der Waals surface area contributed by atoms with Gasteiger partial charge in [-0.15, -0.1) is 11.3 Å². The van der Waals surface area contributed by atoms with Gasteiger partial charge in [-0.2, -0.15) is 0 Å². The van der Waals surface area contributed by atoms with Crippen molar-refractivity contribution in [2.75, 3.05) is 6.54 Å². The van der Waals surface area contributed by atoms with Crippen LogP contribution < -0.4 is 0 Å². The first-order valence-electron chi connectivity index (χ1n) is 7.38. The van der Waals surface area contributed by atoms with Gasteiger partial charge in [-0.25, -0.2) is 0 Å². The highest BCUT2D eigenvalue weighted by Gasteiger charge is 2.44. The van der Waals surface area contributed by atoms with Crippen LogP contribution >= 0.6 is 11.3 Å². The fourth-order valence-electron chi connectivity index (χ4n) is 2.74. The van der Waals surface area contributed by atoms with Crippen LogP contribution in [0.4, 0.5) is 0 Å². The van der Waals surface area contributed by atoms with Crippen LogP contribution in [-0.4, -0.2) is 33.2 Å². The van der Waals surface area contributed by atoms with E-state index >= 15 is 0 Å². The lowest BCUT2D eigenvalue weighted by Crippen LogP contribution is -2.32. The number of amides is 1. The molecule has 0 aromatic carbocycles. The van der Waals surface area contributed by atoms with Crippen LogP contribution in [0.2, 0.25) is 0 Å². The summed E-state index contributed by atoms with van der Waals surface area (Å²) in [7, 11) is 0. The molecule has 1 aliphatic rings. The van der Waals surface area contributed by atoms with E-state index < -0.39 is 17.7 Å². The van der Waals surface area contributed by atoms with Crippen LogP contribution in [0.25, 0.3) is 0 Å². The summed E-state index contributed by atoms with van der Waals surface area (Å²) in [5.41, 5.74) is 0.697. The van der Waals surface area contributed by atoms with E-state index in [4.69, 9.17) is 0 Å². The summed E-state index contributed by atoms with van der Waals surface area (Å²) in [6.45, 7) is 2.39. The smallest absolute Gasteiger partial charge is 0.290 e. The number of aliphatic hydroxyl groups excluding tert-OH is 1. The number of aliphatic hydroxyl groups is 1. The number of carbonyl (C=O) groups is 2. The van der Waals surface area contributed by atoms with Gasteiger partial charge in [0.05, 0.1) is 16.1 Å². The van der Waals surface area contributed by atoms with Crippen molar-refractivity contribution < 1.29 is 14.7 Å². The van der Waals surface area contributed by atoms with Gasteiger partial charge < -0.3 is 10.0 Å². The van der Waals surface area contributed by atoms with E-state index in [2.05, 4.69) is 4.98 Å². The van der Waals surface area contributed by atoms with Gasteiger partial charge in [0, 0.05) is 12.7 Å². The SMILES string of the molecule is CCCN1C(=O)C(O)=C(C(=O)c2cccs2)C1c1ccccn1. The van der Waals surface area contributed by atoms with Gasteiger partial charge in [0.25, 0.3) is 5.91 Å². The minimum Gasteiger partial charge on any atom is -0.503 e. The Balaban J connectivity index is 2.10. The van der Waals surface area contributed by atoms with E-state index in [-0.39, 0.29) is 11.4 Å². The molecule has 1 aliphatic heterocycles. The van der Waals surface area contributed by atoms with Crippen molar-refractivity contribution in [2.24, 2.45) is 0 Å². The number of hydrogen-bond acceptors (Lipinski definition) is 5. The van der Waals surface area contributed by atoms with E-state index in [0.717, 1.165) is 6.42 Å². The molecule has 2 aromatic heterocycles. The Hall–Kier alpha value is -2.47. The Labute approximate surface area is 137 Å². The molecule has 23 heavy (non-hydrogen) atoms. The highest BCUT2D eigenvalue weighted by Crippen LogP contribution is 2.38. The molecule has 1 N–H and O–H groups in total. The summed E-state index contributed by atoms with van der Waals surface area (Å²) < 4.78 is 0. The monoisotopic (exact) mass is 328 g/mol. The van der Waals surface area contributed by atoms with Gasteiger partial charge in [0.2, 0.25) is 5.78 Å². The molecule has 0 aliphatic carbocycles. The zero-order chi connectivity index (χ0) is 16.4. The van der Waals surface area contributed by atoms with Crippen molar-refractivity contribution in [3.63, 3.8) is 0 Å². The van der Waals surface area contributed by atoms with Crippen LogP contribution in [0.15, 0.2) is 53.2 Å². The largest absolute Gasteiger partial charge is 0.503 e. The first kappa shape index (κ1) is 15.4. The molecule has 2 aromatic rings. The molecular weight excluding hydrogens is 312 g/mol. The number of hydrogen-bond donors (Lipinski definition) is 1. The number of nitrogens with zero attached hydrogens (tertiary/aromatic N) is 2. The van der Waals surface area contributed by atoms with E-state index in [9.17, 15) is 14.7 Å². The minimum atomic E-state index is -0.641. The second kappa shape index (κ2) is 6.34. The second-order valence-electron chi connectivity index (χ2n) is 5.22. The van der Waals surface area contributed by atoms with Crippen molar-refractivity contribution in [1.82, 2.24) is 9.88 Å². The van der Waals surface area contributed by atoms with Crippen molar-refractivity contribution in [1.29, 1.82) is 0 Å². The van der Waals surface area contributed by atoms with Crippen LogP contribution in [0.1, 0.15) is 34.8 Å². The van der Waals surface area contributed by atoms with Crippen molar-refractivity contribution >= 4 is 23.0 Å². The molecule has 6 heteroatoms. The highest BCUT2D eigenvalue weighted by atomic mass is 32.1. The average molecular weight is 328 g/mol. The molecular formula is C17H16N2O3S. The Morgan fingerprint density at radius 3 is 2.78 bits per heavy atom. The molecule has 1 atom stereocenters. The highest BCUT2D eigenvalue weighted by molar-refractivity contribution is 7.12. The van der Waals surface area contributed by atoms with Gasteiger partial charge in [-0.3, -0.25) is 14.6 Å². The molecule has 1 amide bonds. The van der Waals surface area contributed by atoms with E-state index in [1.165, 1.54) is 16.2 Å². The fraction of sp³-hybridized carbons (Fsp3) is 0.235. The van der Waals surface area contributed by atoms with Crippen molar-refractivity contribution in [3.05, 3.63) is 63.8 Å². The van der Waals surface area contributed by atoms with Gasteiger partial charge in [0.15, 0.2) is 5.76 Å². The summed E-state index contributed by atoms with van der Waals surface area (Å²) in [4.78, 5) is 31.5. The third kappa shape index (κ3) is 2.66. The lowest BCUT2D eigenvalue weighted by Gasteiger charge is -2.25. The zero-order valence-corrected chi connectivity index (χ0v) is 13.4. The number of rotatable bonds is 5. The number of pyridine rings is 1. The summed E-state index contributed by atoms with van der Waals surface area (Å²) in [6, 6.07) is 8.16. The average Bonchev–Trinajstić information content (AvgIpc) is 3.18. The molecule has 3 heterocycles. The standard InChI is InChI=1S/C17H16N2O3S/c1-2-9-19-14(11-6-3-4-8-18-11)13(16(21)17(19)22)15(20)12-7-5-10-23-12/h3-8,10,14,21H,2,9H2,1H3. The summed E-state index contributed by atoms with van der Waals surface area (Å²) >= 11 is 1.29. The van der Waals surface area contributed by atoms with Crippen LogP contribution in [0.5, 0.6) is 0 Å². The summed E-state index contributed by atoms with van der Waals surface area (Å²) in [6.07, 6.45) is 2.34. The Morgan fingerprint density at radius 2 is 2.17 bits per heavy atom.